The van der Waals surface area contributed by atoms with Gasteiger partial charge >= 0.3 is 0 Å². The van der Waals surface area contributed by atoms with Gasteiger partial charge in [-0.2, -0.15) is 0 Å². The summed E-state index contributed by atoms with van der Waals surface area (Å²) in [6.45, 7) is 0.155. The van der Waals surface area contributed by atoms with E-state index < -0.39 is 11.7 Å². The van der Waals surface area contributed by atoms with Crippen LogP contribution in [0.3, 0.4) is 0 Å². The van der Waals surface area contributed by atoms with Crippen LogP contribution >= 0.6 is 22.9 Å². The lowest BCUT2D eigenvalue weighted by atomic mass is 10.3. The van der Waals surface area contributed by atoms with Crippen LogP contribution in [0, 0.1) is 30.0 Å². The lowest BCUT2D eigenvalue weighted by Gasteiger charge is -2.06. The molecule has 0 saturated heterocycles. The zero-order chi connectivity index (χ0) is 18.5. The molecule has 8 heteroatoms. The number of terminal acetylenes is 1. The van der Waals surface area contributed by atoms with E-state index in [1.165, 1.54) is 29.8 Å². The molecule has 2 aromatic heterocycles. The highest BCUT2D eigenvalue weighted by molar-refractivity contribution is 7.19. The number of rotatable bonds is 3. The molecule has 1 aromatic carbocycles. The van der Waals surface area contributed by atoms with Crippen molar-refractivity contribution >= 4 is 50.6 Å². The molecule has 0 aliphatic carbocycles. The number of aromatic nitrogens is 2. The number of halogens is 2. The number of nitrogens with zero attached hydrogens (tertiary/aromatic N) is 2. The minimum Gasteiger partial charge on any atom is -0.340 e. The van der Waals surface area contributed by atoms with E-state index in [-0.39, 0.29) is 11.6 Å². The standard InChI is InChI=1S/C18H10ClFN4OS/c1-2-16(25)21-7-3-4-12-9-13-17(22-10-23-18(13)26-12)24-11-5-6-15(20)14(19)8-11/h1,5-6,8-10H,7H2,(H,21,25)(H,22,23,24). The molecule has 0 fully saturated rings. The molecule has 0 spiro atoms. The molecule has 128 valence electrons. The summed E-state index contributed by atoms with van der Waals surface area (Å²) in [6.07, 6.45) is 6.38. The van der Waals surface area contributed by atoms with Gasteiger partial charge < -0.3 is 10.6 Å². The first-order chi connectivity index (χ1) is 12.6. The summed E-state index contributed by atoms with van der Waals surface area (Å²) in [7, 11) is 0. The number of hydrogen-bond acceptors (Lipinski definition) is 5. The number of hydrogen-bond donors (Lipinski definition) is 2. The van der Waals surface area contributed by atoms with Crippen LogP contribution in [-0.4, -0.2) is 22.4 Å². The first-order valence-electron chi connectivity index (χ1n) is 7.27. The van der Waals surface area contributed by atoms with Gasteiger partial charge in [0.15, 0.2) is 0 Å². The third-order valence-electron chi connectivity index (χ3n) is 3.19. The maximum Gasteiger partial charge on any atom is 0.296 e. The van der Waals surface area contributed by atoms with E-state index in [1.807, 2.05) is 12.0 Å². The zero-order valence-corrected chi connectivity index (χ0v) is 14.7. The molecule has 5 nitrogen and oxygen atoms in total. The lowest BCUT2D eigenvalue weighted by Crippen LogP contribution is -2.21. The van der Waals surface area contributed by atoms with E-state index in [4.69, 9.17) is 18.0 Å². The van der Waals surface area contributed by atoms with Crippen molar-refractivity contribution < 1.29 is 9.18 Å². The smallest absolute Gasteiger partial charge is 0.296 e. The number of carbonyl (C=O) groups is 1. The molecule has 3 aromatic rings. The van der Waals surface area contributed by atoms with E-state index >= 15 is 0 Å². The lowest BCUT2D eigenvalue weighted by molar-refractivity contribution is -0.115. The van der Waals surface area contributed by atoms with Crippen LogP contribution < -0.4 is 10.6 Å². The van der Waals surface area contributed by atoms with Crippen LogP contribution in [0.25, 0.3) is 10.2 Å². The first kappa shape index (κ1) is 17.7. The average Bonchev–Trinajstić information content (AvgIpc) is 3.05. The molecule has 1 amide bonds. The largest absolute Gasteiger partial charge is 0.340 e. The number of nitrogens with one attached hydrogen (secondary N) is 2. The third-order valence-corrected chi connectivity index (χ3v) is 4.44. The van der Waals surface area contributed by atoms with E-state index in [9.17, 15) is 9.18 Å². The predicted molar refractivity (Wildman–Crippen MR) is 101 cm³/mol. The van der Waals surface area contributed by atoms with Crippen molar-refractivity contribution in [1.29, 1.82) is 0 Å². The Morgan fingerprint density at radius 2 is 2.19 bits per heavy atom. The quantitative estimate of drug-likeness (QED) is 0.680. The number of carbonyl (C=O) groups excluding carboxylic acids is 1. The van der Waals surface area contributed by atoms with Crippen LogP contribution in [0.15, 0.2) is 30.6 Å². The Hall–Kier alpha value is -3.13. The minimum atomic E-state index is -0.508. The highest BCUT2D eigenvalue weighted by Gasteiger charge is 2.09. The Labute approximate surface area is 157 Å². The molecule has 0 aliphatic rings. The summed E-state index contributed by atoms with van der Waals surface area (Å²) < 4.78 is 13.3. The molecular formula is C18H10ClFN4OS. The topological polar surface area (TPSA) is 66.9 Å². The van der Waals surface area contributed by atoms with E-state index in [2.05, 4.69) is 32.4 Å². The minimum absolute atomic E-state index is 0.0196. The molecule has 26 heavy (non-hydrogen) atoms. The highest BCUT2D eigenvalue weighted by atomic mass is 35.5. The predicted octanol–water partition coefficient (Wildman–Crippen LogP) is 3.33. The first-order valence-corrected chi connectivity index (χ1v) is 8.46. The number of benzene rings is 1. The summed E-state index contributed by atoms with van der Waals surface area (Å²) in [5.41, 5.74) is 0.604. The summed E-state index contributed by atoms with van der Waals surface area (Å²) in [4.78, 5) is 20.9. The van der Waals surface area contributed by atoms with Gasteiger partial charge in [-0.25, -0.2) is 14.4 Å². The molecule has 0 aliphatic heterocycles. The molecular weight excluding hydrogens is 375 g/mol. The van der Waals surface area contributed by atoms with Crippen molar-refractivity contribution in [3.05, 3.63) is 46.3 Å². The normalized spacial score (nSPS) is 9.88. The van der Waals surface area contributed by atoms with Gasteiger partial charge in [-0.3, -0.25) is 4.79 Å². The van der Waals surface area contributed by atoms with Crippen molar-refractivity contribution in [3.8, 4) is 24.2 Å². The Morgan fingerprint density at radius 1 is 1.35 bits per heavy atom. The monoisotopic (exact) mass is 384 g/mol. The molecule has 0 saturated carbocycles. The maximum absolute atomic E-state index is 13.3. The van der Waals surface area contributed by atoms with Crippen LogP contribution in [-0.2, 0) is 4.79 Å². The molecule has 2 heterocycles. The fraction of sp³-hybridized carbons (Fsp3) is 0.0556. The summed E-state index contributed by atoms with van der Waals surface area (Å²) >= 11 is 7.19. The number of fused-ring (bicyclic) bond motifs is 1. The van der Waals surface area contributed by atoms with E-state index in [1.54, 1.807) is 6.07 Å². The number of thiophene rings is 1. The van der Waals surface area contributed by atoms with Crippen molar-refractivity contribution in [1.82, 2.24) is 15.3 Å². The van der Waals surface area contributed by atoms with Crippen molar-refractivity contribution in [2.24, 2.45) is 0 Å². The second kappa shape index (κ2) is 7.83. The Kier molecular flexibility index (Phi) is 5.33. The summed E-state index contributed by atoms with van der Waals surface area (Å²) in [6, 6.07) is 6.16. The van der Waals surface area contributed by atoms with Gasteiger partial charge in [0.2, 0.25) is 0 Å². The number of amides is 1. The van der Waals surface area contributed by atoms with Gasteiger partial charge in [0.1, 0.15) is 22.8 Å². The molecule has 3 rings (SSSR count). The molecule has 0 bridgehead atoms. The van der Waals surface area contributed by atoms with Gasteiger partial charge in [0.25, 0.3) is 5.91 Å². The second-order valence-electron chi connectivity index (χ2n) is 4.93. The second-order valence-corrected chi connectivity index (χ2v) is 6.37. The fourth-order valence-electron chi connectivity index (χ4n) is 2.03. The van der Waals surface area contributed by atoms with Crippen molar-refractivity contribution in [3.63, 3.8) is 0 Å². The zero-order valence-electron chi connectivity index (χ0n) is 13.1. The van der Waals surface area contributed by atoms with Crippen LogP contribution in [0.1, 0.15) is 4.88 Å². The Morgan fingerprint density at radius 3 is 2.96 bits per heavy atom. The van der Waals surface area contributed by atoms with Crippen molar-refractivity contribution in [2.45, 2.75) is 0 Å². The van der Waals surface area contributed by atoms with Gasteiger partial charge in [0.05, 0.1) is 21.8 Å². The van der Waals surface area contributed by atoms with E-state index in [0.717, 1.165) is 15.1 Å². The Balaban J connectivity index is 1.83. The summed E-state index contributed by atoms with van der Waals surface area (Å²) in [5, 5.41) is 6.35. The molecule has 0 unspecified atom stereocenters. The van der Waals surface area contributed by atoms with Crippen LogP contribution in [0.2, 0.25) is 5.02 Å². The van der Waals surface area contributed by atoms with Gasteiger partial charge in [-0.15, -0.1) is 17.8 Å². The van der Waals surface area contributed by atoms with Gasteiger partial charge in [-0.1, -0.05) is 23.4 Å². The highest BCUT2D eigenvalue weighted by Crippen LogP contribution is 2.30. The molecule has 0 radical (unpaired) electrons. The van der Waals surface area contributed by atoms with Gasteiger partial charge in [0, 0.05) is 5.69 Å². The summed E-state index contributed by atoms with van der Waals surface area (Å²) in [5.74, 6) is 7.26. The van der Waals surface area contributed by atoms with E-state index in [0.29, 0.717) is 11.5 Å². The maximum atomic E-state index is 13.3. The average molecular weight is 385 g/mol. The number of anilines is 2. The fourth-order valence-corrected chi connectivity index (χ4v) is 3.09. The van der Waals surface area contributed by atoms with Crippen LogP contribution in [0.4, 0.5) is 15.9 Å². The van der Waals surface area contributed by atoms with Gasteiger partial charge in [-0.05, 0) is 30.2 Å². The van der Waals surface area contributed by atoms with Crippen molar-refractivity contribution in [2.75, 3.05) is 11.9 Å². The molecule has 0 atom stereocenters. The van der Waals surface area contributed by atoms with Crippen LogP contribution in [0.5, 0.6) is 0 Å². The Bertz CT molecular complexity index is 1090. The molecule has 2 N–H and O–H groups in total. The SMILES string of the molecule is C#CC(=O)NCC#Cc1cc2c(Nc3ccc(F)c(Cl)c3)ncnc2s1. The third kappa shape index (κ3) is 4.09.